The first kappa shape index (κ1) is 10.2. The van der Waals surface area contributed by atoms with E-state index in [2.05, 4.69) is 16.6 Å². The topological polar surface area (TPSA) is 72.4 Å². The predicted octanol–water partition coefficient (Wildman–Crippen LogP) is 0.484. The highest BCUT2D eigenvalue weighted by molar-refractivity contribution is 5.92. The molecule has 1 aromatic heterocycles. The van der Waals surface area contributed by atoms with Crippen molar-refractivity contribution in [2.75, 3.05) is 13.1 Å². The second-order valence-electron chi connectivity index (χ2n) is 4.07. The number of carbonyl (C=O) groups is 1. The fourth-order valence-electron chi connectivity index (χ4n) is 1.77. The molecule has 2 heterocycles. The minimum Gasteiger partial charge on any atom is -0.364 e. The first-order chi connectivity index (χ1) is 7.18. The van der Waals surface area contributed by atoms with Gasteiger partial charge < -0.3 is 15.2 Å². The van der Waals surface area contributed by atoms with Crippen LogP contribution in [0.5, 0.6) is 0 Å². The summed E-state index contributed by atoms with van der Waals surface area (Å²) in [5.41, 5.74) is 6.28. The maximum Gasteiger partial charge on any atom is 0.276 e. The lowest BCUT2D eigenvalue weighted by Crippen LogP contribution is -2.49. The van der Waals surface area contributed by atoms with Crippen molar-refractivity contribution in [3.05, 3.63) is 18.0 Å². The van der Waals surface area contributed by atoms with Crippen molar-refractivity contribution in [3.63, 3.8) is 0 Å². The number of aromatic nitrogens is 1. The van der Waals surface area contributed by atoms with Crippen LogP contribution in [-0.4, -0.2) is 35.1 Å². The smallest absolute Gasteiger partial charge is 0.276 e. The van der Waals surface area contributed by atoms with Crippen LogP contribution in [0.1, 0.15) is 23.8 Å². The molecule has 0 aliphatic carbocycles. The Labute approximate surface area is 88.2 Å². The zero-order chi connectivity index (χ0) is 10.8. The third-order valence-corrected chi connectivity index (χ3v) is 2.96. The van der Waals surface area contributed by atoms with E-state index in [4.69, 9.17) is 5.73 Å². The van der Waals surface area contributed by atoms with Crippen molar-refractivity contribution < 1.29 is 9.32 Å². The average molecular weight is 209 g/mol. The van der Waals surface area contributed by atoms with Crippen molar-refractivity contribution in [2.24, 2.45) is 11.7 Å². The number of hydrogen-bond acceptors (Lipinski definition) is 4. The van der Waals surface area contributed by atoms with Gasteiger partial charge in [-0.2, -0.15) is 0 Å². The van der Waals surface area contributed by atoms with Crippen LogP contribution in [0.25, 0.3) is 0 Å². The van der Waals surface area contributed by atoms with Gasteiger partial charge in [0.2, 0.25) is 0 Å². The van der Waals surface area contributed by atoms with Crippen molar-refractivity contribution in [2.45, 2.75) is 19.4 Å². The largest absolute Gasteiger partial charge is 0.364 e. The van der Waals surface area contributed by atoms with Gasteiger partial charge in [0.05, 0.1) is 0 Å². The van der Waals surface area contributed by atoms with E-state index in [1.54, 1.807) is 11.0 Å². The van der Waals surface area contributed by atoms with Crippen LogP contribution in [0.4, 0.5) is 0 Å². The molecule has 1 saturated heterocycles. The van der Waals surface area contributed by atoms with Gasteiger partial charge in [0, 0.05) is 25.2 Å². The average Bonchev–Trinajstić information content (AvgIpc) is 2.74. The van der Waals surface area contributed by atoms with Gasteiger partial charge in [0.25, 0.3) is 5.91 Å². The maximum atomic E-state index is 11.9. The number of carbonyl (C=O) groups excluding carboxylic acids is 1. The third-order valence-electron chi connectivity index (χ3n) is 2.96. The van der Waals surface area contributed by atoms with Gasteiger partial charge in [0.1, 0.15) is 6.26 Å². The Balaban J connectivity index is 2.03. The first-order valence-electron chi connectivity index (χ1n) is 5.13. The van der Waals surface area contributed by atoms with Crippen LogP contribution in [0.3, 0.4) is 0 Å². The minimum atomic E-state index is -0.0916. The van der Waals surface area contributed by atoms with Crippen molar-refractivity contribution >= 4 is 5.91 Å². The summed E-state index contributed by atoms with van der Waals surface area (Å²) >= 11 is 0. The van der Waals surface area contributed by atoms with Gasteiger partial charge in [0.15, 0.2) is 5.69 Å². The van der Waals surface area contributed by atoms with Gasteiger partial charge in [-0.1, -0.05) is 12.1 Å². The molecule has 5 heteroatoms. The molecule has 1 fully saturated rings. The summed E-state index contributed by atoms with van der Waals surface area (Å²) in [5, 5.41) is 3.63. The van der Waals surface area contributed by atoms with Gasteiger partial charge in [-0.15, -0.1) is 0 Å². The third kappa shape index (κ3) is 2.02. The first-order valence-corrected chi connectivity index (χ1v) is 5.13. The highest BCUT2D eigenvalue weighted by Gasteiger charge is 2.27. The normalized spacial score (nSPS) is 26.7. The van der Waals surface area contributed by atoms with Gasteiger partial charge in [-0.05, 0) is 12.3 Å². The van der Waals surface area contributed by atoms with Gasteiger partial charge >= 0.3 is 0 Å². The SMILES string of the molecule is CC1CCN(C(=O)c2ccon2)CC1N. The van der Waals surface area contributed by atoms with Crippen molar-refractivity contribution in [1.29, 1.82) is 0 Å². The molecule has 2 rings (SSSR count). The summed E-state index contributed by atoms with van der Waals surface area (Å²) in [6.45, 7) is 3.47. The molecule has 1 aromatic rings. The molecule has 0 radical (unpaired) electrons. The Morgan fingerprint density at radius 2 is 2.53 bits per heavy atom. The molecule has 1 amide bonds. The van der Waals surface area contributed by atoms with Gasteiger partial charge in [-0.25, -0.2) is 0 Å². The van der Waals surface area contributed by atoms with Crippen LogP contribution < -0.4 is 5.73 Å². The monoisotopic (exact) mass is 209 g/mol. The molecule has 0 spiro atoms. The second kappa shape index (κ2) is 4.02. The molecule has 0 saturated carbocycles. The molecular weight excluding hydrogens is 194 g/mol. The highest BCUT2D eigenvalue weighted by atomic mass is 16.5. The van der Waals surface area contributed by atoms with Crippen LogP contribution in [0.15, 0.2) is 16.9 Å². The van der Waals surface area contributed by atoms with E-state index >= 15 is 0 Å². The highest BCUT2D eigenvalue weighted by Crippen LogP contribution is 2.17. The van der Waals surface area contributed by atoms with Gasteiger partial charge in [-0.3, -0.25) is 4.79 Å². The lowest BCUT2D eigenvalue weighted by Gasteiger charge is -2.34. The summed E-state index contributed by atoms with van der Waals surface area (Å²) in [5.74, 6) is 0.387. The minimum absolute atomic E-state index is 0.0644. The zero-order valence-electron chi connectivity index (χ0n) is 8.72. The predicted molar refractivity (Wildman–Crippen MR) is 54.2 cm³/mol. The fraction of sp³-hybridized carbons (Fsp3) is 0.600. The number of piperidine rings is 1. The van der Waals surface area contributed by atoms with E-state index < -0.39 is 0 Å². The molecule has 2 N–H and O–H groups in total. The molecule has 82 valence electrons. The Morgan fingerprint density at radius 1 is 1.73 bits per heavy atom. The summed E-state index contributed by atoms with van der Waals surface area (Å²) in [6.07, 6.45) is 2.35. The Bertz CT molecular complexity index is 336. The maximum absolute atomic E-state index is 11.9. The van der Waals surface area contributed by atoms with E-state index in [-0.39, 0.29) is 11.9 Å². The van der Waals surface area contributed by atoms with E-state index in [9.17, 15) is 4.79 Å². The molecule has 1 aliphatic rings. The number of rotatable bonds is 1. The molecule has 0 bridgehead atoms. The number of hydrogen-bond donors (Lipinski definition) is 1. The molecular formula is C10H15N3O2. The lowest BCUT2D eigenvalue weighted by atomic mass is 9.94. The van der Waals surface area contributed by atoms with E-state index in [1.165, 1.54) is 6.26 Å². The number of nitrogens with two attached hydrogens (primary N) is 1. The van der Waals surface area contributed by atoms with Crippen molar-refractivity contribution in [3.8, 4) is 0 Å². The summed E-state index contributed by atoms with van der Waals surface area (Å²) < 4.78 is 4.65. The van der Waals surface area contributed by atoms with E-state index in [1.807, 2.05) is 0 Å². The quantitative estimate of drug-likeness (QED) is 0.730. The Kier molecular flexibility index (Phi) is 2.73. The van der Waals surface area contributed by atoms with Crippen LogP contribution in [0.2, 0.25) is 0 Å². The summed E-state index contributed by atoms with van der Waals surface area (Å²) in [4.78, 5) is 13.6. The standard InChI is InChI=1S/C10H15N3O2/c1-7-2-4-13(6-8(7)11)10(14)9-3-5-15-12-9/h3,5,7-8H,2,4,6,11H2,1H3. The van der Waals surface area contributed by atoms with E-state index in [0.29, 0.717) is 18.2 Å². The summed E-state index contributed by atoms with van der Waals surface area (Å²) in [7, 11) is 0. The number of nitrogens with zero attached hydrogens (tertiary/aromatic N) is 2. The second-order valence-corrected chi connectivity index (χ2v) is 4.07. The molecule has 2 unspecified atom stereocenters. The summed E-state index contributed by atoms with van der Waals surface area (Å²) in [6, 6.07) is 1.64. The molecule has 1 aliphatic heterocycles. The Hall–Kier alpha value is -1.36. The molecule has 0 aromatic carbocycles. The fourth-order valence-corrected chi connectivity index (χ4v) is 1.77. The van der Waals surface area contributed by atoms with Crippen molar-refractivity contribution in [1.82, 2.24) is 10.1 Å². The number of likely N-dealkylation sites (tertiary alicyclic amines) is 1. The van der Waals surface area contributed by atoms with Crippen LogP contribution >= 0.6 is 0 Å². The lowest BCUT2D eigenvalue weighted by molar-refractivity contribution is 0.0662. The van der Waals surface area contributed by atoms with Crippen LogP contribution in [0, 0.1) is 5.92 Å². The molecule has 15 heavy (non-hydrogen) atoms. The van der Waals surface area contributed by atoms with E-state index in [0.717, 1.165) is 13.0 Å². The zero-order valence-corrected chi connectivity index (χ0v) is 8.72. The number of amides is 1. The Morgan fingerprint density at radius 3 is 3.13 bits per heavy atom. The molecule has 2 atom stereocenters. The molecule has 5 nitrogen and oxygen atoms in total. The van der Waals surface area contributed by atoms with Crippen LogP contribution in [-0.2, 0) is 0 Å².